The second-order valence-electron chi connectivity index (χ2n) is 7.76. The fraction of sp³-hybridized carbons (Fsp3) is 0.286. The van der Waals surface area contributed by atoms with Crippen LogP contribution in [0.1, 0.15) is 33.3 Å². The smallest absolute Gasteiger partial charge is 0.327 e. The number of sulfonamides is 1. The van der Waals surface area contributed by atoms with Crippen LogP contribution >= 0.6 is 0 Å². The average Bonchev–Trinajstić information content (AvgIpc) is 2.99. The molecule has 0 unspecified atom stereocenters. The minimum Gasteiger partial charge on any atom is -0.595 e. The Hall–Kier alpha value is -2.33. The van der Waals surface area contributed by atoms with E-state index in [0.29, 0.717) is 16.8 Å². The number of carbonyl (C=O) groups excluding carboxylic acids is 1. The van der Waals surface area contributed by atoms with Gasteiger partial charge in [0.25, 0.3) is 10.0 Å². The highest BCUT2D eigenvalue weighted by Gasteiger charge is 2.52. The van der Waals surface area contributed by atoms with Crippen LogP contribution in [0, 0.1) is 0 Å². The number of benzene rings is 2. The van der Waals surface area contributed by atoms with E-state index in [1.165, 1.54) is 19.1 Å². The molecule has 0 bridgehead atoms. The molecule has 2 atom stereocenters. The van der Waals surface area contributed by atoms with Gasteiger partial charge in [-0.05, 0) is 39.0 Å². The van der Waals surface area contributed by atoms with E-state index in [2.05, 4.69) is 6.58 Å². The number of anilines is 1. The molecule has 9 heteroatoms. The number of rotatable bonds is 5. The van der Waals surface area contributed by atoms with E-state index in [9.17, 15) is 17.8 Å². The predicted molar refractivity (Wildman–Crippen MR) is 117 cm³/mol. The van der Waals surface area contributed by atoms with Crippen molar-refractivity contribution < 1.29 is 22.6 Å². The van der Waals surface area contributed by atoms with E-state index in [4.69, 9.17) is 4.84 Å². The van der Waals surface area contributed by atoms with Gasteiger partial charge in [0.1, 0.15) is 4.75 Å². The Morgan fingerprint density at radius 1 is 1.13 bits per heavy atom. The first-order valence-electron chi connectivity index (χ1n) is 9.23. The van der Waals surface area contributed by atoms with Crippen LogP contribution in [0.5, 0.6) is 0 Å². The molecule has 0 saturated carbocycles. The summed E-state index contributed by atoms with van der Waals surface area (Å²) in [5, 5.41) is 0. The second-order valence-corrected chi connectivity index (χ2v) is 11.7. The van der Waals surface area contributed by atoms with Crippen molar-refractivity contribution in [3.63, 3.8) is 0 Å². The minimum absolute atomic E-state index is 0.0591. The SMILES string of the molecule is C=C1c2ccccc2N(S(=O)(=O)c2ccccc2)[C@@H]1N(OC(C)=O)[S@@+]([O-])C(C)(C)C. The molecule has 0 radical (unpaired) electrons. The van der Waals surface area contributed by atoms with Crippen molar-refractivity contribution in [1.82, 2.24) is 4.47 Å². The lowest BCUT2D eigenvalue weighted by atomic mass is 10.1. The van der Waals surface area contributed by atoms with Gasteiger partial charge in [0.2, 0.25) is 6.17 Å². The van der Waals surface area contributed by atoms with Gasteiger partial charge >= 0.3 is 5.97 Å². The lowest BCUT2D eigenvalue weighted by Gasteiger charge is -2.37. The van der Waals surface area contributed by atoms with Crippen LogP contribution in [-0.4, -0.2) is 34.3 Å². The Bertz CT molecular complexity index is 1060. The highest BCUT2D eigenvalue weighted by Crippen LogP contribution is 2.45. The van der Waals surface area contributed by atoms with Crippen LogP contribution in [0.2, 0.25) is 0 Å². The number of fused-ring (bicyclic) bond motifs is 1. The Morgan fingerprint density at radius 2 is 1.70 bits per heavy atom. The van der Waals surface area contributed by atoms with Crippen molar-refractivity contribution in [2.24, 2.45) is 0 Å². The molecule has 160 valence electrons. The summed E-state index contributed by atoms with van der Waals surface area (Å²) in [4.78, 5) is 17.2. The van der Waals surface area contributed by atoms with Gasteiger partial charge in [-0.25, -0.2) is 12.7 Å². The topological polar surface area (TPSA) is 90.0 Å². The molecule has 2 aromatic rings. The molecule has 1 aliphatic rings. The van der Waals surface area contributed by atoms with Crippen molar-refractivity contribution in [2.75, 3.05) is 4.31 Å². The molecule has 0 aliphatic carbocycles. The minimum atomic E-state index is -4.09. The quantitative estimate of drug-likeness (QED) is 0.514. The summed E-state index contributed by atoms with van der Waals surface area (Å²) in [5.41, 5.74) is 1.31. The van der Waals surface area contributed by atoms with Gasteiger partial charge in [-0.15, -0.1) is 0 Å². The molecule has 0 amide bonds. The molecular formula is C21H24N2O5S2. The third-order valence-corrected chi connectivity index (χ3v) is 7.86. The van der Waals surface area contributed by atoms with Gasteiger partial charge in [-0.3, -0.25) is 4.79 Å². The van der Waals surface area contributed by atoms with Gasteiger partial charge in [-0.2, -0.15) is 0 Å². The number of hydrogen-bond acceptors (Lipinski definition) is 6. The third kappa shape index (κ3) is 3.98. The van der Waals surface area contributed by atoms with E-state index in [1.807, 2.05) is 0 Å². The van der Waals surface area contributed by atoms with Crippen molar-refractivity contribution in [3.05, 3.63) is 66.7 Å². The van der Waals surface area contributed by atoms with Gasteiger partial charge < -0.3 is 9.39 Å². The van der Waals surface area contributed by atoms with E-state index >= 15 is 0 Å². The second kappa shape index (κ2) is 8.07. The number of hydrogen-bond donors (Lipinski definition) is 0. The predicted octanol–water partition coefficient (Wildman–Crippen LogP) is 3.48. The Labute approximate surface area is 180 Å². The van der Waals surface area contributed by atoms with Crippen molar-refractivity contribution in [3.8, 4) is 0 Å². The van der Waals surface area contributed by atoms with E-state index in [-0.39, 0.29) is 4.90 Å². The summed E-state index contributed by atoms with van der Waals surface area (Å²) in [6.07, 6.45) is -1.20. The summed E-state index contributed by atoms with van der Waals surface area (Å²) in [7, 11) is -4.09. The Balaban J connectivity index is 2.22. The summed E-state index contributed by atoms with van der Waals surface area (Å²) in [6, 6.07) is 14.8. The molecule has 0 saturated heterocycles. The summed E-state index contributed by atoms with van der Waals surface area (Å²) >= 11 is -1.88. The zero-order valence-corrected chi connectivity index (χ0v) is 18.9. The number of nitrogens with zero attached hydrogens (tertiary/aromatic N) is 2. The zero-order valence-electron chi connectivity index (χ0n) is 17.2. The molecule has 0 spiro atoms. The highest BCUT2D eigenvalue weighted by atomic mass is 32.2. The molecule has 0 aromatic heterocycles. The molecular weight excluding hydrogens is 424 g/mol. The summed E-state index contributed by atoms with van der Waals surface area (Å²) in [6.45, 7) is 10.4. The Morgan fingerprint density at radius 3 is 2.27 bits per heavy atom. The first-order chi connectivity index (χ1) is 14.0. The van der Waals surface area contributed by atoms with Gasteiger partial charge in [0, 0.05) is 18.1 Å². The number of hydroxylamine groups is 1. The third-order valence-electron chi connectivity index (χ3n) is 4.43. The normalized spacial score (nSPS) is 17.7. The maximum atomic E-state index is 13.6. The molecule has 0 fully saturated rings. The van der Waals surface area contributed by atoms with Crippen LogP contribution in [-0.2, 0) is 31.0 Å². The Kier molecular flexibility index (Phi) is 6.01. The fourth-order valence-electron chi connectivity index (χ4n) is 3.10. The average molecular weight is 449 g/mol. The van der Waals surface area contributed by atoms with Crippen LogP contribution < -0.4 is 4.31 Å². The van der Waals surface area contributed by atoms with Crippen molar-refractivity contribution in [2.45, 2.75) is 43.5 Å². The zero-order chi connectivity index (χ0) is 22.3. The maximum absolute atomic E-state index is 13.6. The fourth-order valence-corrected chi connectivity index (χ4v) is 5.90. The van der Waals surface area contributed by atoms with Crippen molar-refractivity contribution >= 4 is 38.6 Å². The monoisotopic (exact) mass is 448 g/mol. The first kappa shape index (κ1) is 22.4. The molecule has 7 nitrogen and oxygen atoms in total. The lowest BCUT2D eigenvalue weighted by Crippen LogP contribution is -2.55. The molecule has 1 heterocycles. The van der Waals surface area contributed by atoms with Gasteiger partial charge in [0.05, 0.1) is 26.4 Å². The molecule has 2 aromatic carbocycles. The van der Waals surface area contributed by atoms with Crippen LogP contribution in [0.4, 0.5) is 5.69 Å². The molecule has 30 heavy (non-hydrogen) atoms. The number of carbonyl (C=O) groups is 1. The standard InChI is InChI=1S/C21H24N2O5S2/c1-15-18-13-9-10-14-19(18)22(30(26,27)17-11-7-6-8-12-17)20(15)23(28-16(2)24)29(25)21(3,4)5/h6-14,20H,1H2,2-5H3/t20-,29+/m1/s1. The van der Waals surface area contributed by atoms with Gasteiger partial charge in [-0.1, -0.05) is 43.0 Å². The molecule has 1 aliphatic heterocycles. The van der Waals surface area contributed by atoms with E-state index in [1.54, 1.807) is 63.2 Å². The number of para-hydroxylation sites is 1. The summed E-state index contributed by atoms with van der Waals surface area (Å²) < 4.78 is 41.8. The molecule has 0 N–H and O–H groups in total. The van der Waals surface area contributed by atoms with E-state index < -0.39 is 38.3 Å². The van der Waals surface area contributed by atoms with Gasteiger partial charge in [0.15, 0.2) is 0 Å². The highest BCUT2D eigenvalue weighted by molar-refractivity contribution is 7.93. The molecule has 3 rings (SSSR count). The first-order valence-corrected chi connectivity index (χ1v) is 11.8. The lowest BCUT2D eigenvalue weighted by molar-refractivity contribution is -0.169. The van der Waals surface area contributed by atoms with Crippen LogP contribution in [0.15, 0.2) is 66.1 Å². The van der Waals surface area contributed by atoms with Crippen LogP contribution in [0.25, 0.3) is 5.57 Å². The maximum Gasteiger partial charge on any atom is 0.327 e. The largest absolute Gasteiger partial charge is 0.595 e. The van der Waals surface area contributed by atoms with Crippen LogP contribution in [0.3, 0.4) is 0 Å². The van der Waals surface area contributed by atoms with Crippen molar-refractivity contribution in [1.29, 1.82) is 0 Å². The van der Waals surface area contributed by atoms with E-state index in [0.717, 1.165) is 8.77 Å². The summed E-state index contributed by atoms with van der Waals surface area (Å²) in [5.74, 6) is -0.714.